The number of carbonyl (C=O) groups excluding carboxylic acids is 1. The lowest BCUT2D eigenvalue weighted by Gasteiger charge is -2.11. The van der Waals surface area contributed by atoms with Crippen molar-refractivity contribution in [2.75, 3.05) is 10.6 Å². The van der Waals surface area contributed by atoms with E-state index in [4.69, 9.17) is 0 Å². The van der Waals surface area contributed by atoms with Crippen LogP contribution in [0.4, 0.5) is 20.9 Å². The first-order valence-corrected chi connectivity index (χ1v) is 10.7. The molecule has 0 aliphatic heterocycles. The Balaban J connectivity index is 1.80. The normalized spacial score (nSPS) is 11.5. The number of amides is 1. The third kappa shape index (κ3) is 5.55. The van der Waals surface area contributed by atoms with E-state index in [0.29, 0.717) is 5.69 Å². The Morgan fingerprint density at radius 2 is 2.00 bits per heavy atom. The molecule has 0 aliphatic carbocycles. The van der Waals surface area contributed by atoms with E-state index in [-0.39, 0.29) is 5.56 Å². The Labute approximate surface area is 185 Å². The molecule has 0 saturated heterocycles. The quantitative estimate of drug-likeness (QED) is 0.393. The number of rotatable bonds is 7. The number of thiazole rings is 1. The van der Waals surface area contributed by atoms with Crippen LogP contribution in [0.15, 0.2) is 72.7 Å². The molecule has 3 aromatic rings. The van der Waals surface area contributed by atoms with Crippen LogP contribution >= 0.6 is 11.3 Å². The summed E-state index contributed by atoms with van der Waals surface area (Å²) in [5.74, 6) is -1.04. The standard InChI is InChI=1S/C25H24FN3OS/c1-5-7-8-18(6-2)23-15-31-25(29-23)28-22-14-19(11-10-17(22)4)27-24(30)20-13-16(3)9-12-21(20)26/h5-15H,2H2,1,3-4H3,(H,27,30)(H,28,29)/b7-5-,18-8+. The van der Waals surface area contributed by atoms with Gasteiger partial charge in [-0.2, -0.15) is 0 Å². The van der Waals surface area contributed by atoms with Crippen LogP contribution < -0.4 is 10.6 Å². The number of halogens is 1. The summed E-state index contributed by atoms with van der Waals surface area (Å²) in [6.45, 7) is 9.58. The summed E-state index contributed by atoms with van der Waals surface area (Å²) in [6.07, 6.45) is 7.61. The summed E-state index contributed by atoms with van der Waals surface area (Å²) < 4.78 is 14.0. The van der Waals surface area contributed by atoms with Crippen molar-refractivity contribution < 1.29 is 9.18 Å². The zero-order valence-corrected chi connectivity index (χ0v) is 18.5. The van der Waals surface area contributed by atoms with Crippen LogP contribution in [0.3, 0.4) is 0 Å². The number of carbonyl (C=O) groups is 1. The number of allylic oxidation sites excluding steroid dienone is 5. The number of nitrogens with zero attached hydrogens (tertiary/aromatic N) is 1. The third-order valence-electron chi connectivity index (χ3n) is 4.59. The van der Waals surface area contributed by atoms with Gasteiger partial charge in [0.25, 0.3) is 5.91 Å². The Morgan fingerprint density at radius 3 is 2.74 bits per heavy atom. The number of nitrogens with one attached hydrogen (secondary N) is 2. The molecule has 0 unspecified atom stereocenters. The van der Waals surface area contributed by atoms with Gasteiger partial charge in [0.05, 0.1) is 11.3 Å². The van der Waals surface area contributed by atoms with Crippen molar-refractivity contribution >= 4 is 39.3 Å². The molecular weight excluding hydrogens is 409 g/mol. The van der Waals surface area contributed by atoms with Gasteiger partial charge in [-0.15, -0.1) is 11.3 Å². The molecule has 0 aliphatic rings. The van der Waals surface area contributed by atoms with Gasteiger partial charge in [0, 0.05) is 22.3 Å². The van der Waals surface area contributed by atoms with Crippen molar-refractivity contribution in [1.29, 1.82) is 0 Å². The SMILES string of the molecule is C=C/C(=C\C=C/C)c1csc(Nc2cc(NC(=O)c3cc(C)ccc3F)ccc2C)n1. The molecule has 0 spiro atoms. The first-order chi connectivity index (χ1) is 14.9. The summed E-state index contributed by atoms with van der Waals surface area (Å²) in [7, 11) is 0. The molecule has 2 aromatic carbocycles. The van der Waals surface area contributed by atoms with Crippen LogP contribution in [0, 0.1) is 19.7 Å². The Bertz CT molecular complexity index is 1180. The molecular formula is C25H24FN3OS. The molecule has 2 N–H and O–H groups in total. The summed E-state index contributed by atoms with van der Waals surface area (Å²) in [6, 6.07) is 9.96. The van der Waals surface area contributed by atoms with Gasteiger partial charge < -0.3 is 10.6 Å². The first-order valence-electron chi connectivity index (χ1n) is 9.77. The van der Waals surface area contributed by atoms with Crippen molar-refractivity contribution in [2.45, 2.75) is 20.8 Å². The number of hydrogen-bond donors (Lipinski definition) is 2. The van der Waals surface area contributed by atoms with Gasteiger partial charge in [-0.05, 0) is 50.6 Å². The molecule has 0 atom stereocenters. The van der Waals surface area contributed by atoms with E-state index < -0.39 is 11.7 Å². The van der Waals surface area contributed by atoms with E-state index >= 15 is 0 Å². The zero-order chi connectivity index (χ0) is 22.4. The van der Waals surface area contributed by atoms with Crippen molar-refractivity contribution in [3.8, 4) is 0 Å². The molecule has 4 nitrogen and oxygen atoms in total. The fraction of sp³-hybridized carbons (Fsp3) is 0.120. The second kappa shape index (κ2) is 10.00. The molecule has 0 bridgehead atoms. The molecule has 3 rings (SSSR count). The van der Waals surface area contributed by atoms with Crippen LogP contribution in [0.5, 0.6) is 0 Å². The maximum absolute atomic E-state index is 14.0. The summed E-state index contributed by atoms with van der Waals surface area (Å²) in [4.78, 5) is 17.2. The third-order valence-corrected chi connectivity index (χ3v) is 5.35. The highest BCUT2D eigenvalue weighted by molar-refractivity contribution is 7.13. The highest BCUT2D eigenvalue weighted by Gasteiger charge is 2.13. The number of benzene rings is 2. The minimum atomic E-state index is -0.548. The summed E-state index contributed by atoms with van der Waals surface area (Å²) in [5, 5.41) is 8.75. The highest BCUT2D eigenvalue weighted by Crippen LogP contribution is 2.29. The van der Waals surface area contributed by atoms with Gasteiger partial charge in [-0.25, -0.2) is 9.37 Å². The van der Waals surface area contributed by atoms with Crippen LogP contribution in [0.1, 0.15) is 34.1 Å². The molecule has 0 fully saturated rings. The monoisotopic (exact) mass is 433 g/mol. The maximum atomic E-state index is 14.0. The maximum Gasteiger partial charge on any atom is 0.258 e. The van der Waals surface area contributed by atoms with Gasteiger partial charge in [-0.3, -0.25) is 4.79 Å². The molecule has 31 heavy (non-hydrogen) atoms. The zero-order valence-electron chi connectivity index (χ0n) is 17.7. The molecule has 0 radical (unpaired) electrons. The fourth-order valence-corrected chi connectivity index (χ4v) is 3.61. The Morgan fingerprint density at radius 1 is 1.19 bits per heavy atom. The lowest BCUT2D eigenvalue weighted by molar-refractivity contribution is 0.102. The number of anilines is 3. The van der Waals surface area contributed by atoms with Crippen LogP contribution in [-0.2, 0) is 0 Å². The van der Waals surface area contributed by atoms with Crippen molar-refractivity contribution in [3.63, 3.8) is 0 Å². The Hall–Kier alpha value is -3.51. The minimum absolute atomic E-state index is 0.0181. The van der Waals surface area contributed by atoms with Crippen LogP contribution in [0.2, 0.25) is 0 Å². The summed E-state index contributed by atoms with van der Waals surface area (Å²) in [5.41, 5.74) is 4.96. The van der Waals surface area contributed by atoms with Crippen molar-refractivity contribution in [2.24, 2.45) is 0 Å². The van der Waals surface area contributed by atoms with Gasteiger partial charge in [0.15, 0.2) is 5.13 Å². The molecule has 1 amide bonds. The van der Waals surface area contributed by atoms with E-state index in [0.717, 1.165) is 33.2 Å². The minimum Gasteiger partial charge on any atom is -0.331 e. The van der Waals surface area contributed by atoms with E-state index in [1.165, 1.54) is 23.5 Å². The lowest BCUT2D eigenvalue weighted by atomic mass is 10.1. The van der Waals surface area contributed by atoms with E-state index in [9.17, 15) is 9.18 Å². The van der Waals surface area contributed by atoms with Gasteiger partial charge in [0.2, 0.25) is 0 Å². The topological polar surface area (TPSA) is 54.0 Å². The average molecular weight is 434 g/mol. The number of hydrogen-bond acceptors (Lipinski definition) is 4. The van der Waals surface area contributed by atoms with Crippen LogP contribution in [0.25, 0.3) is 5.57 Å². The van der Waals surface area contributed by atoms with E-state index in [1.807, 2.05) is 56.5 Å². The lowest BCUT2D eigenvalue weighted by Crippen LogP contribution is -2.14. The molecule has 1 aromatic heterocycles. The summed E-state index contributed by atoms with van der Waals surface area (Å²) >= 11 is 1.48. The predicted octanol–water partition coefficient (Wildman–Crippen LogP) is 7.04. The molecule has 0 saturated carbocycles. The second-order valence-electron chi connectivity index (χ2n) is 6.98. The second-order valence-corrected chi connectivity index (χ2v) is 7.84. The van der Waals surface area contributed by atoms with Gasteiger partial charge >= 0.3 is 0 Å². The molecule has 158 valence electrons. The number of aryl methyl sites for hydroxylation is 2. The van der Waals surface area contributed by atoms with Crippen molar-refractivity contribution in [3.05, 3.63) is 101 Å². The van der Waals surface area contributed by atoms with Gasteiger partial charge in [-0.1, -0.05) is 48.6 Å². The average Bonchev–Trinajstić information content (AvgIpc) is 3.21. The van der Waals surface area contributed by atoms with E-state index in [2.05, 4.69) is 22.2 Å². The smallest absolute Gasteiger partial charge is 0.258 e. The Kier molecular flexibility index (Phi) is 7.15. The highest BCUT2D eigenvalue weighted by atomic mass is 32.1. The first kappa shape index (κ1) is 22.2. The number of aromatic nitrogens is 1. The largest absolute Gasteiger partial charge is 0.331 e. The predicted molar refractivity (Wildman–Crippen MR) is 129 cm³/mol. The molecule has 6 heteroatoms. The van der Waals surface area contributed by atoms with Crippen molar-refractivity contribution in [1.82, 2.24) is 4.98 Å². The van der Waals surface area contributed by atoms with Gasteiger partial charge in [0.1, 0.15) is 5.82 Å². The molecule has 1 heterocycles. The van der Waals surface area contributed by atoms with E-state index in [1.54, 1.807) is 18.2 Å². The fourth-order valence-electron chi connectivity index (χ4n) is 2.88. The van der Waals surface area contributed by atoms with Crippen LogP contribution in [-0.4, -0.2) is 10.9 Å².